The summed E-state index contributed by atoms with van der Waals surface area (Å²) in [6.45, 7) is 3.54. The standard InChI is InChI=1S/C18H22N2O2/c1-3-19-12-14-6-11-17(20(18(14)21)15-7-8-15)13-4-9-16(22-2)10-5-13/h4-6,9-11,15,19H,3,7-8,12H2,1-2H3. The van der Waals surface area contributed by atoms with Gasteiger partial charge in [-0.15, -0.1) is 0 Å². The highest BCUT2D eigenvalue weighted by molar-refractivity contribution is 5.61. The predicted molar refractivity (Wildman–Crippen MR) is 88.3 cm³/mol. The van der Waals surface area contributed by atoms with Crippen molar-refractivity contribution in [3.63, 3.8) is 0 Å². The van der Waals surface area contributed by atoms with Crippen molar-refractivity contribution in [2.45, 2.75) is 32.4 Å². The van der Waals surface area contributed by atoms with E-state index >= 15 is 0 Å². The highest BCUT2D eigenvalue weighted by Crippen LogP contribution is 2.37. The number of hydrogen-bond acceptors (Lipinski definition) is 3. The molecule has 0 unspecified atom stereocenters. The molecule has 3 rings (SSSR count). The average molecular weight is 298 g/mol. The van der Waals surface area contributed by atoms with Gasteiger partial charge in [-0.05, 0) is 55.3 Å². The Kier molecular flexibility index (Phi) is 4.29. The number of pyridine rings is 1. The average Bonchev–Trinajstić information content (AvgIpc) is 3.38. The summed E-state index contributed by atoms with van der Waals surface area (Å²) < 4.78 is 7.17. The molecule has 1 aliphatic carbocycles. The second kappa shape index (κ2) is 6.36. The van der Waals surface area contributed by atoms with Crippen LogP contribution in [0.15, 0.2) is 41.2 Å². The number of ether oxygens (including phenoxy) is 1. The lowest BCUT2D eigenvalue weighted by Crippen LogP contribution is -2.27. The lowest BCUT2D eigenvalue weighted by molar-refractivity contribution is 0.415. The zero-order chi connectivity index (χ0) is 15.5. The van der Waals surface area contributed by atoms with Gasteiger partial charge in [0, 0.05) is 18.2 Å². The summed E-state index contributed by atoms with van der Waals surface area (Å²) in [6.07, 6.45) is 2.18. The fourth-order valence-corrected chi connectivity index (χ4v) is 2.68. The Bertz CT molecular complexity index is 700. The van der Waals surface area contributed by atoms with E-state index in [0.717, 1.165) is 42.0 Å². The molecule has 0 amide bonds. The van der Waals surface area contributed by atoms with E-state index < -0.39 is 0 Å². The van der Waals surface area contributed by atoms with Gasteiger partial charge in [0.2, 0.25) is 0 Å². The number of rotatable bonds is 6. The molecule has 116 valence electrons. The van der Waals surface area contributed by atoms with E-state index in [1.54, 1.807) is 7.11 Å². The predicted octanol–water partition coefficient (Wildman–Crippen LogP) is 2.97. The van der Waals surface area contributed by atoms with Gasteiger partial charge in [-0.25, -0.2) is 0 Å². The molecule has 1 heterocycles. The second-order valence-corrected chi connectivity index (χ2v) is 5.66. The quantitative estimate of drug-likeness (QED) is 0.891. The fourth-order valence-electron chi connectivity index (χ4n) is 2.68. The van der Waals surface area contributed by atoms with Crippen LogP contribution in [-0.2, 0) is 6.54 Å². The Morgan fingerprint density at radius 2 is 1.91 bits per heavy atom. The van der Waals surface area contributed by atoms with Crippen LogP contribution < -0.4 is 15.6 Å². The van der Waals surface area contributed by atoms with Crippen LogP contribution in [0, 0.1) is 0 Å². The maximum Gasteiger partial charge on any atom is 0.255 e. The Labute approximate surface area is 130 Å². The van der Waals surface area contributed by atoms with Crippen molar-refractivity contribution in [1.29, 1.82) is 0 Å². The summed E-state index contributed by atoms with van der Waals surface area (Å²) in [5, 5.41) is 3.24. The second-order valence-electron chi connectivity index (χ2n) is 5.66. The van der Waals surface area contributed by atoms with Crippen molar-refractivity contribution in [2.75, 3.05) is 13.7 Å². The van der Waals surface area contributed by atoms with Gasteiger partial charge in [0.25, 0.3) is 5.56 Å². The van der Waals surface area contributed by atoms with E-state index in [1.165, 1.54) is 0 Å². The first-order chi connectivity index (χ1) is 10.7. The van der Waals surface area contributed by atoms with Gasteiger partial charge in [0.15, 0.2) is 0 Å². The van der Waals surface area contributed by atoms with Crippen LogP contribution in [0.2, 0.25) is 0 Å². The third-order valence-electron chi connectivity index (χ3n) is 4.06. The number of methoxy groups -OCH3 is 1. The summed E-state index contributed by atoms with van der Waals surface area (Å²) in [6, 6.07) is 12.3. The van der Waals surface area contributed by atoms with Gasteiger partial charge < -0.3 is 14.6 Å². The lowest BCUT2D eigenvalue weighted by atomic mass is 10.1. The number of aromatic nitrogens is 1. The summed E-state index contributed by atoms with van der Waals surface area (Å²) >= 11 is 0. The van der Waals surface area contributed by atoms with Gasteiger partial charge in [0.05, 0.1) is 12.8 Å². The maximum atomic E-state index is 12.8. The van der Waals surface area contributed by atoms with Crippen molar-refractivity contribution < 1.29 is 4.74 Å². The molecule has 1 saturated carbocycles. The highest BCUT2D eigenvalue weighted by Gasteiger charge is 2.27. The van der Waals surface area contributed by atoms with E-state index in [9.17, 15) is 4.79 Å². The van der Waals surface area contributed by atoms with Gasteiger partial charge >= 0.3 is 0 Å². The van der Waals surface area contributed by atoms with Crippen LogP contribution in [-0.4, -0.2) is 18.2 Å². The molecule has 22 heavy (non-hydrogen) atoms. The van der Waals surface area contributed by atoms with Crippen LogP contribution in [0.5, 0.6) is 5.75 Å². The maximum absolute atomic E-state index is 12.8. The minimum atomic E-state index is 0.136. The number of hydrogen-bond donors (Lipinski definition) is 1. The zero-order valence-corrected chi connectivity index (χ0v) is 13.1. The first-order valence-electron chi connectivity index (χ1n) is 7.84. The smallest absolute Gasteiger partial charge is 0.255 e. The van der Waals surface area contributed by atoms with E-state index in [4.69, 9.17) is 4.74 Å². The number of benzene rings is 1. The molecular weight excluding hydrogens is 276 g/mol. The summed E-state index contributed by atoms with van der Waals surface area (Å²) in [5.41, 5.74) is 3.03. The van der Waals surface area contributed by atoms with E-state index in [-0.39, 0.29) is 5.56 Å². The minimum absolute atomic E-state index is 0.136. The first kappa shape index (κ1) is 14.9. The van der Waals surface area contributed by atoms with Crippen LogP contribution in [0.4, 0.5) is 0 Å². The molecule has 0 spiro atoms. The van der Waals surface area contributed by atoms with Gasteiger partial charge in [-0.3, -0.25) is 4.79 Å². The third kappa shape index (κ3) is 2.92. The largest absolute Gasteiger partial charge is 0.497 e. The molecule has 4 nitrogen and oxygen atoms in total. The van der Waals surface area contributed by atoms with E-state index in [2.05, 4.69) is 11.4 Å². The van der Waals surface area contributed by atoms with E-state index in [0.29, 0.717) is 12.6 Å². The third-order valence-corrected chi connectivity index (χ3v) is 4.06. The topological polar surface area (TPSA) is 43.3 Å². The minimum Gasteiger partial charge on any atom is -0.497 e. The molecule has 1 aromatic carbocycles. The Hall–Kier alpha value is -2.07. The highest BCUT2D eigenvalue weighted by atomic mass is 16.5. The molecule has 0 aliphatic heterocycles. The molecular formula is C18H22N2O2. The molecule has 0 saturated heterocycles. The van der Waals surface area contributed by atoms with Gasteiger partial charge in [0.1, 0.15) is 5.75 Å². The monoisotopic (exact) mass is 298 g/mol. The van der Waals surface area contributed by atoms with Crippen molar-refractivity contribution in [3.8, 4) is 17.0 Å². The normalized spacial score (nSPS) is 14.1. The van der Waals surface area contributed by atoms with E-state index in [1.807, 2.05) is 41.8 Å². The molecule has 0 atom stereocenters. The molecule has 1 aromatic heterocycles. The fraction of sp³-hybridized carbons (Fsp3) is 0.389. The Morgan fingerprint density at radius 3 is 2.50 bits per heavy atom. The Morgan fingerprint density at radius 1 is 1.18 bits per heavy atom. The van der Waals surface area contributed by atoms with Crippen molar-refractivity contribution >= 4 is 0 Å². The van der Waals surface area contributed by atoms with Gasteiger partial charge in [-0.1, -0.05) is 13.0 Å². The SMILES string of the molecule is CCNCc1ccc(-c2ccc(OC)cc2)n(C2CC2)c1=O. The van der Waals surface area contributed by atoms with Gasteiger partial charge in [-0.2, -0.15) is 0 Å². The van der Waals surface area contributed by atoms with Crippen molar-refractivity contribution in [2.24, 2.45) is 0 Å². The van der Waals surface area contributed by atoms with Crippen molar-refractivity contribution in [3.05, 3.63) is 52.3 Å². The lowest BCUT2D eigenvalue weighted by Gasteiger charge is -2.15. The Balaban J connectivity index is 2.03. The molecule has 0 radical (unpaired) electrons. The van der Waals surface area contributed by atoms with Crippen molar-refractivity contribution in [1.82, 2.24) is 9.88 Å². The molecule has 2 aromatic rings. The van der Waals surface area contributed by atoms with Crippen LogP contribution in [0.1, 0.15) is 31.4 Å². The van der Waals surface area contributed by atoms with Crippen LogP contribution in [0.25, 0.3) is 11.3 Å². The summed E-state index contributed by atoms with van der Waals surface area (Å²) in [7, 11) is 1.66. The van der Waals surface area contributed by atoms with Crippen LogP contribution in [0.3, 0.4) is 0 Å². The summed E-state index contributed by atoms with van der Waals surface area (Å²) in [5.74, 6) is 0.827. The molecule has 1 N–H and O–H groups in total. The van der Waals surface area contributed by atoms with Crippen LogP contribution >= 0.6 is 0 Å². The molecule has 1 aliphatic rings. The number of nitrogens with zero attached hydrogens (tertiary/aromatic N) is 1. The molecule has 0 bridgehead atoms. The summed E-state index contributed by atoms with van der Waals surface area (Å²) in [4.78, 5) is 12.8. The molecule has 1 fully saturated rings. The molecule has 4 heteroatoms. The zero-order valence-electron chi connectivity index (χ0n) is 13.1. The number of nitrogens with one attached hydrogen (secondary N) is 1. The first-order valence-corrected chi connectivity index (χ1v) is 7.84.